The molecule has 2 aromatic carbocycles. The third kappa shape index (κ3) is 17.2. The zero-order chi connectivity index (χ0) is 30.2. The van der Waals surface area contributed by atoms with E-state index in [0.29, 0.717) is 36.9 Å². The maximum absolute atomic E-state index is 12.0. The Morgan fingerprint density at radius 1 is 1.00 bits per heavy atom. The highest BCUT2D eigenvalue weighted by molar-refractivity contribution is 5.89. The van der Waals surface area contributed by atoms with Crippen LogP contribution in [0.5, 0.6) is 5.75 Å². The SMILES string of the molecule is CCCCC(CC)COC(=O)c1ccc(N(C)C)cc1.COc1ccccc1/C=C/C(=O)O.OCCNCCO. The van der Waals surface area contributed by atoms with Gasteiger partial charge in [-0.05, 0) is 48.7 Å². The molecule has 0 aliphatic rings. The van der Waals surface area contributed by atoms with Crippen molar-refractivity contribution in [1.82, 2.24) is 5.32 Å². The Labute approximate surface area is 239 Å². The lowest BCUT2D eigenvalue weighted by Gasteiger charge is -2.15. The number of carbonyl (C=O) groups is 2. The third-order valence-electron chi connectivity index (χ3n) is 5.73. The second-order valence-electron chi connectivity index (χ2n) is 9.07. The molecule has 1 unspecified atom stereocenters. The number of para-hydroxylation sites is 1. The number of carboxylic acid groups (broad SMARTS) is 1. The zero-order valence-corrected chi connectivity index (χ0v) is 24.6. The number of aliphatic hydroxyl groups excluding tert-OH is 2. The average Bonchev–Trinajstić information content (AvgIpc) is 2.97. The van der Waals surface area contributed by atoms with E-state index in [1.54, 1.807) is 19.2 Å². The molecule has 0 fully saturated rings. The molecule has 9 heteroatoms. The molecule has 1 atom stereocenters. The molecule has 0 aliphatic heterocycles. The number of methoxy groups -OCH3 is 1. The Kier molecular flexibility index (Phi) is 21.5. The van der Waals surface area contributed by atoms with E-state index in [-0.39, 0.29) is 19.2 Å². The van der Waals surface area contributed by atoms with E-state index >= 15 is 0 Å². The number of nitrogens with zero attached hydrogens (tertiary/aromatic N) is 1. The molecular weight excluding hydrogens is 512 g/mol. The highest BCUT2D eigenvalue weighted by atomic mass is 16.5. The Morgan fingerprint density at radius 3 is 2.12 bits per heavy atom. The maximum Gasteiger partial charge on any atom is 0.338 e. The first-order valence-electron chi connectivity index (χ1n) is 13.6. The number of esters is 1. The normalized spacial score (nSPS) is 11.0. The predicted molar refractivity (Wildman–Crippen MR) is 161 cm³/mol. The van der Waals surface area contributed by atoms with Crippen molar-refractivity contribution in [2.24, 2.45) is 5.92 Å². The monoisotopic (exact) mass is 560 g/mol. The average molecular weight is 561 g/mol. The largest absolute Gasteiger partial charge is 0.496 e. The lowest BCUT2D eigenvalue weighted by Crippen LogP contribution is -2.21. The van der Waals surface area contributed by atoms with Gasteiger partial charge in [0.15, 0.2) is 0 Å². The molecule has 0 heterocycles. The molecule has 40 heavy (non-hydrogen) atoms. The van der Waals surface area contributed by atoms with Crippen LogP contribution in [0.25, 0.3) is 6.08 Å². The molecule has 0 saturated heterocycles. The van der Waals surface area contributed by atoms with Crippen molar-refractivity contribution in [3.8, 4) is 5.75 Å². The van der Waals surface area contributed by atoms with Crippen molar-refractivity contribution in [2.75, 3.05) is 59.0 Å². The number of aliphatic hydroxyl groups is 2. The lowest BCUT2D eigenvalue weighted by molar-refractivity contribution is -0.131. The summed E-state index contributed by atoms with van der Waals surface area (Å²) in [5.41, 5.74) is 2.46. The second kappa shape index (κ2) is 23.5. The summed E-state index contributed by atoms with van der Waals surface area (Å²) in [4.78, 5) is 24.2. The number of carboxylic acids is 1. The van der Waals surface area contributed by atoms with Crippen molar-refractivity contribution in [2.45, 2.75) is 39.5 Å². The van der Waals surface area contributed by atoms with Crippen LogP contribution in [0.15, 0.2) is 54.6 Å². The highest BCUT2D eigenvalue weighted by Crippen LogP contribution is 2.18. The smallest absolute Gasteiger partial charge is 0.338 e. The summed E-state index contributed by atoms with van der Waals surface area (Å²) in [6.45, 7) is 6.29. The number of anilines is 1. The van der Waals surface area contributed by atoms with Crippen LogP contribution in [0.1, 0.15) is 55.5 Å². The Hall–Kier alpha value is -3.40. The first-order valence-corrected chi connectivity index (χ1v) is 13.6. The number of unbranched alkanes of at least 4 members (excludes halogenated alkanes) is 1. The quantitative estimate of drug-likeness (QED) is 0.142. The molecular formula is C31H48N2O7. The fourth-order valence-corrected chi connectivity index (χ4v) is 3.32. The van der Waals surface area contributed by atoms with E-state index in [1.165, 1.54) is 18.9 Å². The van der Waals surface area contributed by atoms with Gasteiger partial charge in [0, 0.05) is 44.5 Å². The molecule has 2 aromatic rings. The van der Waals surface area contributed by atoms with Crippen molar-refractivity contribution in [3.63, 3.8) is 0 Å². The molecule has 0 amide bonds. The van der Waals surface area contributed by atoms with Crippen LogP contribution in [-0.2, 0) is 9.53 Å². The lowest BCUT2D eigenvalue weighted by atomic mass is 10.0. The minimum Gasteiger partial charge on any atom is -0.496 e. The summed E-state index contributed by atoms with van der Waals surface area (Å²) < 4.78 is 10.5. The molecule has 224 valence electrons. The van der Waals surface area contributed by atoms with Gasteiger partial charge < -0.3 is 35.0 Å². The second-order valence-corrected chi connectivity index (χ2v) is 9.07. The third-order valence-corrected chi connectivity index (χ3v) is 5.73. The Morgan fingerprint density at radius 2 is 1.62 bits per heavy atom. The van der Waals surface area contributed by atoms with Gasteiger partial charge in [0.1, 0.15) is 5.75 Å². The molecule has 0 bridgehead atoms. The minimum atomic E-state index is -0.967. The summed E-state index contributed by atoms with van der Waals surface area (Å²) in [5, 5.41) is 27.5. The van der Waals surface area contributed by atoms with Gasteiger partial charge in [-0.3, -0.25) is 0 Å². The molecule has 9 nitrogen and oxygen atoms in total. The summed E-state index contributed by atoms with van der Waals surface area (Å²) >= 11 is 0. The van der Waals surface area contributed by atoms with Crippen LogP contribution in [0.2, 0.25) is 0 Å². The Bertz CT molecular complexity index is 958. The first kappa shape index (κ1) is 36.6. The molecule has 0 radical (unpaired) electrons. The predicted octanol–water partition coefficient (Wildman–Crippen LogP) is 4.48. The maximum atomic E-state index is 12.0. The molecule has 0 aromatic heterocycles. The number of benzene rings is 2. The summed E-state index contributed by atoms with van der Waals surface area (Å²) in [5.74, 6) is -0.0314. The van der Waals surface area contributed by atoms with E-state index in [1.807, 2.05) is 55.4 Å². The van der Waals surface area contributed by atoms with Gasteiger partial charge in [-0.25, -0.2) is 9.59 Å². The van der Waals surface area contributed by atoms with Crippen molar-refractivity contribution in [3.05, 3.63) is 65.7 Å². The molecule has 0 spiro atoms. The number of nitrogens with one attached hydrogen (secondary N) is 1. The van der Waals surface area contributed by atoms with Gasteiger partial charge in [-0.15, -0.1) is 0 Å². The standard InChI is InChI=1S/C17H27NO2.C10H10O3.C4H11NO2/c1-5-7-8-14(6-2)13-20-17(19)15-9-11-16(12-10-15)18(3)4;1-13-9-5-3-2-4-8(9)6-7-10(11)12;6-3-1-5-2-4-7/h9-12,14H,5-8,13H2,1-4H3;2-7H,1H3,(H,11,12);5-7H,1-4H2/b;7-6+;. The van der Waals surface area contributed by atoms with Gasteiger partial charge >= 0.3 is 11.9 Å². The fourth-order valence-electron chi connectivity index (χ4n) is 3.32. The molecule has 2 rings (SSSR count). The van der Waals surface area contributed by atoms with Gasteiger partial charge in [-0.1, -0.05) is 51.3 Å². The number of aliphatic carboxylic acids is 1. The number of hydrogen-bond acceptors (Lipinski definition) is 8. The van der Waals surface area contributed by atoms with Crippen LogP contribution >= 0.6 is 0 Å². The van der Waals surface area contributed by atoms with Gasteiger partial charge in [0.25, 0.3) is 0 Å². The highest BCUT2D eigenvalue weighted by Gasteiger charge is 2.12. The van der Waals surface area contributed by atoms with Crippen molar-refractivity contribution >= 4 is 23.7 Å². The van der Waals surface area contributed by atoms with Crippen LogP contribution < -0.4 is 15.0 Å². The van der Waals surface area contributed by atoms with Crippen molar-refractivity contribution in [1.29, 1.82) is 0 Å². The number of ether oxygens (including phenoxy) is 2. The molecule has 4 N–H and O–H groups in total. The van der Waals surface area contributed by atoms with Crippen LogP contribution in [0.4, 0.5) is 5.69 Å². The van der Waals surface area contributed by atoms with Crippen molar-refractivity contribution < 1.29 is 34.4 Å². The Balaban J connectivity index is 0.000000649. The van der Waals surface area contributed by atoms with E-state index in [4.69, 9.17) is 24.8 Å². The first-order chi connectivity index (χ1) is 19.2. The minimum absolute atomic E-state index is 0.139. The number of carbonyl (C=O) groups excluding carboxylic acids is 1. The number of rotatable bonds is 15. The summed E-state index contributed by atoms with van der Waals surface area (Å²) in [6.07, 6.45) is 7.18. The van der Waals surface area contributed by atoms with Gasteiger partial charge in [0.05, 0.1) is 32.5 Å². The topological polar surface area (TPSA) is 129 Å². The van der Waals surface area contributed by atoms with E-state index < -0.39 is 5.97 Å². The number of hydrogen-bond donors (Lipinski definition) is 4. The molecule has 0 aliphatic carbocycles. The van der Waals surface area contributed by atoms with Gasteiger partial charge in [0.2, 0.25) is 0 Å². The van der Waals surface area contributed by atoms with Crippen LogP contribution in [0.3, 0.4) is 0 Å². The van der Waals surface area contributed by atoms with E-state index in [0.717, 1.165) is 30.2 Å². The summed E-state index contributed by atoms with van der Waals surface area (Å²) in [6, 6.07) is 14.7. The zero-order valence-electron chi connectivity index (χ0n) is 24.6. The fraction of sp³-hybridized carbons (Fsp3) is 0.484. The molecule has 0 saturated carbocycles. The van der Waals surface area contributed by atoms with Crippen LogP contribution in [-0.4, -0.2) is 81.4 Å². The van der Waals surface area contributed by atoms with E-state index in [2.05, 4.69) is 19.2 Å². The van der Waals surface area contributed by atoms with E-state index in [9.17, 15) is 9.59 Å². The summed E-state index contributed by atoms with van der Waals surface area (Å²) in [7, 11) is 5.51. The van der Waals surface area contributed by atoms with Crippen LogP contribution in [0, 0.1) is 5.92 Å². The van der Waals surface area contributed by atoms with Gasteiger partial charge in [-0.2, -0.15) is 0 Å².